The number of nitriles is 1. The van der Waals surface area contributed by atoms with Crippen molar-refractivity contribution in [2.45, 2.75) is 31.8 Å². The van der Waals surface area contributed by atoms with Crippen LogP contribution in [0.3, 0.4) is 0 Å². The van der Waals surface area contributed by atoms with Gasteiger partial charge in [0.15, 0.2) is 0 Å². The van der Waals surface area contributed by atoms with E-state index in [4.69, 9.17) is 11.0 Å². The van der Waals surface area contributed by atoms with E-state index in [1.54, 1.807) is 11.0 Å². The van der Waals surface area contributed by atoms with E-state index in [0.29, 0.717) is 18.7 Å². The number of rotatable bonds is 4. The van der Waals surface area contributed by atoms with Crippen LogP contribution < -0.4 is 5.73 Å². The predicted octanol–water partition coefficient (Wildman–Crippen LogP) is 1.40. The van der Waals surface area contributed by atoms with Crippen molar-refractivity contribution < 1.29 is 4.79 Å². The number of hydrogen-bond donors (Lipinski definition) is 1. The lowest BCUT2D eigenvalue weighted by molar-refractivity contribution is -0.134. The highest BCUT2D eigenvalue weighted by molar-refractivity contribution is 5.89. The van der Waals surface area contributed by atoms with Crippen LogP contribution in [0.4, 0.5) is 0 Å². The summed E-state index contributed by atoms with van der Waals surface area (Å²) in [7, 11) is 0. The number of carbonyl (C=O) groups excluding carboxylic acids is 1. The van der Waals surface area contributed by atoms with Gasteiger partial charge in [0.25, 0.3) is 0 Å². The summed E-state index contributed by atoms with van der Waals surface area (Å²) < 4.78 is 0. The molecule has 0 saturated heterocycles. The second-order valence-corrected chi connectivity index (χ2v) is 4.74. The third-order valence-corrected chi connectivity index (χ3v) is 3.38. The van der Waals surface area contributed by atoms with Crippen molar-refractivity contribution in [1.82, 2.24) is 4.90 Å². The summed E-state index contributed by atoms with van der Waals surface area (Å²) in [6, 6.07) is 9.50. The molecule has 0 atom stereocenters. The van der Waals surface area contributed by atoms with E-state index in [1.165, 1.54) is 0 Å². The zero-order valence-electron chi connectivity index (χ0n) is 10.5. The molecule has 94 valence electrons. The minimum absolute atomic E-state index is 0.00209. The van der Waals surface area contributed by atoms with Gasteiger partial charge in [-0.3, -0.25) is 4.79 Å². The molecule has 18 heavy (non-hydrogen) atoms. The van der Waals surface area contributed by atoms with Crippen LogP contribution >= 0.6 is 0 Å². The smallest absolute Gasteiger partial charge is 0.242 e. The molecule has 0 aliphatic heterocycles. The van der Waals surface area contributed by atoms with Crippen LogP contribution in [0.1, 0.15) is 30.9 Å². The Kier molecular flexibility index (Phi) is 3.35. The van der Waals surface area contributed by atoms with Gasteiger partial charge in [-0.25, -0.2) is 0 Å². The second-order valence-electron chi connectivity index (χ2n) is 4.74. The Morgan fingerprint density at radius 1 is 1.50 bits per heavy atom. The van der Waals surface area contributed by atoms with Crippen LogP contribution in [-0.2, 0) is 11.3 Å². The van der Waals surface area contributed by atoms with Crippen LogP contribution in [0.2, 0.25) is 0 Å². The van der Waals surface area contributed by atoms with Gasteiger partial charge in [-0.2, -0.15) is 5.26 Å². The number of amides is 1. The third-order valence-electron chi connectivity index (χ3n) is 3.38. The molecule has 1 aromatic carbocycles. The maximum absolute atomic E-state index is 12.2. The summed E-state index contributed by atoms with van der Waals surface area (Å²) >= 11 is 0. The molecule has 0 bridgehead atoms. The molecule has 1 aliphatic carbocycles. The maximum Gasteiger partial charge on any atom is 0.242 e. The first-order chi connectivity index (χ1) is 8.60. The van der Waals surface area contributed by atoms with Gasteiger partial charge < -0.3 is 10.6 Å². The van der Waals surface area contributed by atoms with Gasteiger partial charge in [0.1, 0.15) is 0 Å². The minimum atomic E-state index is -0.641. The molecule has 0 spiro atoms. The molecule has 2 N–H and O–H groups in total. The Morgan fingerprint density at radius 2 is 2.17 bits per heavy atom. The van der Waals surface area contributed by atoms with Gasteiger partial charge in [0.05, 0.1) is 17.2 Å². The molecular formula is C14H17N3O. The number of carbonyl (C=O) groups is 1. The Labute approximate surface area is 107 Å². The number of benzene rings is 1. The van der Waals surface area contributed by atoms with Crippen molar-refractivity contribution in [2.75, 3.05) is 6.54 Å². The molecule has 4 nitrogen and oxygen atoms in total. The molecule has 4 heteroatoms. The summed E-state index contributed by atoms with van der Waals surface area (Å²) in [5.41, 5.74) is 6.78. The van der Waals surface area contributed by atoms with E-state index in [9.17, 15) is 4.79 Å². The van der Waals surface area contributed by atoms with Crippen molar-refractivity contribution in [3.63, 3.8) is 0 Å². The molecule has 1 saturated carbocycles. The zero-order chi connectivity index (χ0) is 13.2. The van der Waals surface area contributed by atoms with Gasteiger partial charge in [0, 0.05) is 13.1 Å². The molecule has 1 aliphatic rings. The molecule has 0 aromatic heterocycles. The van der Waals surface area contributed by atoms with E-state index in [0.717, 1.165) is 18.4 Å². The zero-order valence-corrected chi connectivity index (χ0v) is 10.5. The fraction of sp³-hybridized carbons (Fsp3) is 0.429. The van der Waals surface area contributed by atoms with Gasteiger partial charge in [-0.05, 0) is 31.4 Å². The van der Waals surface area contributed by atoms with Gasteiger partial charge in [-0.15, -0.1) is 0 Å². The summed E-state index contributed by atoms with van der Waals surface area (Å²) in [4.78, 5) is 13.9. The first kappa shape index (κ1) is 12.6. The molecule has 0 radical (unpaired) electrons. The van der Waals surface area contributed by atoms with E-state index in [2.05, 4.69) is 6.07 Å². The lowest BCUT2D eigenvalue weighted by Crippen LogP contribution is -2.45. The first-order valence-corrected chi connectivity index (χ1v) is 6.17. The Morgan fingerprint density at radius 3 is 2.72 bits per heavy atom. The quantitative estimate of drug-likeness (QED) is 0.869. The Bertz CT molecular complexity index is 500. The molecular weight excluding hydrogens is 226 g/mol. The second kappa shape index (κ2) is 4.79. The molecule has 1 amide bonds. The SMILES string of the molecule is CCN(Cc1ccccc1C#N)C(=O)C1(N)CC1. The summed E-state index contributed by atoms with van der Waals surface area (Å²) in [5, 5.41) is 9.04. The fourth-order valence-electron chi connectivity index (χ4n) is 1.96. The highest BCUT2D eigenvalue weighted by atomic mass is 16.2. The monoisotopic (exact) mass is 243 g/mol. The Hall–Kier alpha value is -1.86. The Balaban J connectivity index is 2.16. The molecule has 0 unspecified atom stereocenters. The van der Waals surface area contributed by atoms with Gasteiger partial charge >= 0.3 is 0 Å². The number of hydrogen-bond acceptors (Lipinski definition) is 3. The highest BCUT2D eigenvalue weighted by Crippen LogP contribution is 2.34. The lowest BCUT2D eigenvalue weighted by atomic mass is 10.1. The normalized spacial score (nSPS) is 15.8. The van der Waals surface area contributed by atoms with Crippen molar-refractivity contribution in [1.29, 1.82) is 5.26 Å². The van der Waals surface area contributed by atoms with Crippen LogP contribution in [0, 0.1) is 11.3 Å². The molecule has 1 aromatic rings. The minimum Gasteiger partial charge on any atom is -0.337 e. The fourth-order valence-corrected chi connectivity index (χ4v) is 1.96. The topological polar surface area (TPSA) is 70.1 Å². The number of nitrogens with zero attached hydrogens (tertiary/aromatic N) is 2. The number of likely N-dealkylation sites (N-methyl/N-ethyl adjacent to an activating group) is 1. The van der Waals surface area contributed by atoms with Crippen LogP contribution in [0.25, 0.3) is 0 Å². The van der Waals surface area contributed by atoms with Crippen molar-refractivity contribution in [3.05, 3.63) is 35.4 Å². The lowest BCUT2D eigenvalue weighted by Gasteiger charge is -2.24. The van der Waals surface area contributed by atoms with Crippen molar-refractivity contribution in [2.24, 2.45) is 5.73 Å². The maximum atomic E-state index is 12.2. The van der Waals surface area contributed by atoms with E-state index < -0.39 is 5.54 Å². The average molecular weight is 243 g/mol. The van der Waals surface area contributed by atoms with Crippen molar-refractivity contribution >= 4 is 5.91 Å². The van der Waals surface area contributed by atoms with E-state index in [1.807, 2.05) is 25.1 Å². The van der Waals surface area contributed by atoms with Crippen LogP contribution in [0.5, 0.6) is 0 Å². The van der Waals surface area contributed by atoms with Gasteiger partial charge in [-0.1, -0.05) is 18.2 Å². The largest absolute Gasteiger partial charge is 0.337 e. The molecule has 2 rings (SSSR count). The first-order valence-electron chi connectivity index (χ1n) is 6.17. The van der Waals surface area contributed by atoms with E-state index >= 15 is 0 Å². The third kappa shape index (κ3) is 2.36. The summed E-state index contributed by atoms with van der Waals surface area (Å²) in [6.45, 7) is 2.99. The van der Waals surface area contributed by atoms with Crippen molar-refractivity contribution in [3.8, 4) is 6.07 Å². The standard InChI is InChI=1S/C14H17N3O/c1-2-17(13(18)14(16)7-8-14)10-12-6-4-3-5-11(12)9-15/h3-6H,2,7-8,10,16H2,1H3. The molecule has 1 fully saturated rings. The predicted molar refractivity (Wildman–Crippen MR) is 68.4 cm³/mol. The molecule has 0 heterocycles. The van der Waals surface area contributed by atoms with Crippen LogP contribution in [0.15, 0.2) is 24.3 Å². The average Bonchev–Trinajstić information content (AvgIpc) is 3.15. The van der Waals surface area contributed by atoms with Crippen LogP contribution in [-0.4, -0.2) is 22.9 Å². The van der Waals surface area contributed by atoms with E-state index in [-0.39, 0.29) is 5.91 Å². The summed E-state index contributed by atoms with van der Waals surface area (Å²) in [5.74, 6) is -0.00209. The summed E-state index contributed by atoms with van der Waals surface area (Å²) in [6.07, 6.45) is 1.53. The highest BCUT2D eigenvalue weighted by Gasteiger charge is 2.47. The number of nitrogens with two attached hydrogens (primary N) is 1. The van der Waals surface area contributed by atoms with Gasteiger partial charge in [0.2, 0.25) is 5.91 Å².